The standard InChI is InChI=1S/C13H9BrCl2IN/c14-9-1-4-12(17)13(6-9)18-7-8-5-10(15)2-3-11(8)16/h1-6,18H,7H2. The molecule has 2 aromatic rings. The van der Waals surface area contributed by atoms with E-state index in [9.17, 15) is 0 Å². The number of rotatable bonds is 3. The third-order valence-electron chi connectivity index (χ3n) is 2.41. The molecule has 0 aliphatic rings. The van der Waals surface area contributed by atoms with Crippen molar-refractivity contribution in [3.8, 4) is 0 Å². The lowest BCUT2D eigenvalue weighted by atomic mass is 10.2. The summed E-state index contributed by atoms with van der Waals surface area (Å²) < 4.78 is 2.21. The number of benzene rings is 2. The van der Waals surface area contributed by atoms with Crippen LogP contribution in [-0.2, 0) is 6.54 Å². The van der Waals surface area contributed by atoms with Crippen molar-refractivity contribution in [1.82, 2.24) is 0 Å². The summed E-state index contributed by atoms with van der Waals surface area (Å²) in [6.45, 7) is 0.645. The second-order valence-corrected chi connectivity index (χ2v) is 6.63. The molecule has 0 spiro atoms. The van der Waals surface area contributed by atoms with Crippen molar-refractivity contribution in [3.63, 3.8) is 0 Å². The fourth-order valence-corrected chi connectivity index (χ4v) is 2.77. The Bertz CT molecular complexity index is 523. The van der Waals surface area contributed by atoms with E-state index < -0.39 is 0 Å². The Hall–Kier alpha value is 0.0300. The highest BCUT2D eigenvalue weighted by Crippen LogP contribution is 2.25. The van der Waals surface area contributed by atoms with Crippen LogP contribution in [0.1, 0.15) is 5.56 Å². The zero-order valence-corrected chi connectivity index (χ0v) is 14.4. The van der Waals surface area contributed by atoms with Crippen molar-refractivity contribution < 1.29 is 0 Å². The highest BCUT2D eigenvalue weighted by molar-refractivity contribution is 14.1. The van der Waals surface area contributed by atoms with E-state index in [4.69, 9.17) is 23.2 Å². The molecule has 0 unspecified atom stereocenters. The molecule has 0 fully saturated rings. The molecule has 2 aromatic carbocycles. The number of halogens is 4. The lowest BCUT2D eigenvalue weighted by Crippen LogP contribution is -2.01. The Morgan fingerprint density at radius 1 is 1.11 bits per heavy atom. The van der Waals surface area contributed by atoms with Crippen molar-refractivity contribution in [2.45, 2.75) is 6.54 Å². The number of hydrogen-bond donors (Lipinski definition) is 1. The quantitative estimate of drug-likeness (QED) is 0.561. The summed E-state index contributed by atoms with van der Waals surface area (Å²) >= 11 is 17.8. The van der Waals surface area contributed by atoms with Gasteiger partial charge in [-0.15, -0.1) is 0 Å². The van der Waals surface area contributed by atoms with Crippen molar-refractivity contribution in [2.24, 2.45) is 0 Å². The highest BCUT2D eigenvalue weighted by Gasteiger charge is 2.04. The molecule has 0 amide bonds. The third kappa shape index (κ3) is 3.76. The fraction of sp³-hybridized carbons (Fsp3) is 0.0769. The van der Waals surface area contributed by atoms with Gasteiger partial charge in [-0.3, -0.25) is 0 Å². The molecule has 0 saturated carbocycles. The Labute approximate surface area is 138 Å². The van der Waals surface area contributed by atoms with Gasteiger partial charge in [-0.1, -0.05) is 39.1 Å². The van der Waals surface area contributed by atoms with Gasteiger partial charge in [0.05, 0.1) is 0 Å². The highest BCUT2D eigenvalue weighted by atomic mass is 127. The minimum atomic E-state index is 0.645. The molecule has 18 heavy (non-hydrogen) atoms. The second-order valence-electron chi connectivity index (χ2n) is 3.71. The van der Waals surface area contributed by atoms with Crippen LogP contribution in [0.15, 0.2) is 40.9 Å². The van der Waals surface area contributed by atoms with E-state index in [0.29, 0.717) is 11.6 Å². The Kier molecular flexibility index (Phi) is 5.18. The topological polar surface area (TPSA) is 12.0 Å². The normalized spacial score (nSPS) is 10.4. The van der Waals surface area contributed by atoms with Gasteiger partial charge in [-0.2, -0.15) is 0 Å². The maximum atomic E-state index is 6.12. The van der Waals surface area contributed by atoms with E-state index in [2.05, 4.69) is 43.8 Å². The van der Waals surface area contributed by atoms with E-state index in [-0.39, 0.29) is 0 Å². The first kappa shape index (κ1) is 14.4. The summed E-state index contributed by atoms with van der Waals surface area (Å²) in [4.78, 5) is 0. The van der Waals surface area contributed by atoms with Crippen LogP contribution in [0.4, 0.5) is 5.69 Å². The van der Waals surface area contributed by atoms with Crippen molar-refractivity contribution in [3.05, 3.63) is 60.0 Å². The summed E-state index contributed by atoms with van der Waals surface area (Å²) in [5, 5.41) is 4.77. The smallest absolute Gasteiger partial charge is 0.0489 e. The van der Waals surface area contributed by atoms with E-state index >= 15 is 0 Å². The molecular weight excluding hydrogens is 448 g/mol. The van der Waals surface area contributed by atoms with Crippen LogP contribution in [0.25, 0.3) is 0 Å². The largest absolute Gasteiger partial charge is 0.380 e. The van der Waals surface area contributed by atoms with E-state index in [1.807, 2.05) is 30.3 Å². The average molecular weight is 457 g/mol. The van der Waals surface area contributed by atoms with Crippen LogP contribution in [-0.4, -0.2) is 0 Å². The van der Waals surface area contributed by atoms with Gasteiger partial charge in [0.2, 0.25) is 0 Å². The SMILES string of the molecule is Clc1ccc(Cl)c(CNc2cc(Br)ccc2I)c1. The molecule has 1 nitrogen and oxygen atoms in total. The first-order chi connectivity index (χ1) is 8.56. The Morgan fingerprint density at radius 2 is 1.89 bits per heavy atom. The van der Waals surface area contributed by atoms with Crippen molar-refractivity contribution >= 4 is 67.4 Å². The van der Waals surface area contributed by atoms with Crippen LogP contribution >= 0.6 is 61.7 Å². The van der Waals surface area contributed by atoms with Crippen LogP contribution in [0.3, 0.4) is 0 Å². The van der Waals surface area contributed by atoms with E-state index in [1.165, 1.54) is 0 Å². The first-order valence-corrected chi connectivity index (χ1v) is 7.82. The summed E-state index contributed by atoms with van der Waals surface area (Å²) in [6.07, 6.45) is 0. The molecule has 94 valence electrons. The van der Waals surface area contributed by atoms with E-state index in [1.54, 1.807) is 6.07 Å². The zero-order chi connectivity index (χ0) is 13.1. The second kappa shape index (κ2) is 6.46. The number of anilines is 1. The van der Waals surface area contributed by atoms with Gasteiger partial charge in [0.25, 0.3) is 0 Å². The van der Waals surface area contributed by atoms with Crippen LogP contribution in [0.5, 0.6) is 0 Å². The van der Waals surface area contributed by atoms with Gasteiger partial charge in [-0.25, -0.2) is 0 Å². The van der Waals surface area contributed by atoms with Gasteiger partial charge < -0.3 is 5.32 Å². The maximum absolute atomic E-state index is 6.12. The molecule has 0 bridgehead atoms. The summed E-state index contributed by atoms with van der Waals surface area (Å²) in [6, 6.07) is 11.6. The summed E-state index contributed by atoms with van der Waals surface area (Å²) in [5.41, 5.74) is 2.06. The van der Waals surface area contributed by atoms with Gasteiger partial charge in [0.1, 0.15) is 0 Å². The van der Waals surface area contributed by atoms with Crippen LogP contribution in [0.2, 0.25) is 10.0 Å². The number of nitrogens with one attached hydrogen (secondary N) is 1. The minimum absolute atomic E-state index is 0.645. The monoisotopic (exact) mass is 455 g/mol. The predicted octanol–water partition coefficient (Wildman–Crippen LogP) is 5.97. The third-order valence-corrected chi connectivity index (χ3v) is 4.44. The van der Waals surface area contributed by atoms with Gasteiger partial charge >= 0.3 is 0 Å². The summed E-state index contributed by atoms with van der Waals surface area (Å²) in [7, 11) is 0. The molecule has 0 aliphatic heterocycles. The molecule has 0 aliphatic carbocycles. The van der Waals surface area contributed by atoms with Gasteiger partial charge in [-0.05, 0) is 64.6 Å². The predicted molar refractivity (Wildman–Crippen MR) is 90.6 cm³/mol. The molecule has 0 radical (unpaired) electrons. The Morgan fingerprint density at radius 3 is 2.67 bits per heavy atom. The molecule has 0 aromatic heterocycles. The molecule has 5 heteroatoms. The minimum Gasteiger partial charge on any atom is -0.380 e. The first-order valence-electron chi connectivity index (χ1n) is 5.19. The molecule has 2 rings (SSSR count). The van der Waals surface area contributed by atoms with Crippen LogP contribution < -0.4 is 5.32 Å². The average Bonchev–Trinajstić information content (AvgIpc) is 2.34. The van der Waals surface area contributed by atoms with Crippen molar-refractivity contribution in [2.75, 3.05) is 5.32 Å². The zero-order valence-electron chi connectivity index (χ0n) is 9.18. The number of hydrogen-bond acceptors (Lipinski definition) is 1. The lowest BCUT2D eigenvalue weighted by molar-refractivity contribution is 1.14. The van der Waals surface area contributed by atoms with E-state index in [0.717, 1.165) is 24.3 Å². The molecule has 0 saturated heterocycles. The van der Waals surface area contributed by atoms with Gasteiger partial charge in [0, 0.05) is 30.3 Å². The van der Waals surface area contributed by atoms with Crippen molar-refractivity contribution in [1.29, 1.82) is 0 Å². The maximum Gasteiger partial charge on any atom is 0.0489 e. The van der Waals surface area contributed by atoms with Gasteiger partial charge in [0.15, 0.2) is 0 Å². The Balaban J connectivity index is 2.16. The molecular formula is C13H9BrCl2IN. The summed E-state index contributed by atoms with van der Waals surface area (Å²) in [5.74, 6) is 0. The molecule has 1 N–H and O–H groups in total. The molecule has 0 heterocycles. The fourth-order valence-electron chi connectivity index (χ4n) is 1.50. The van der Waals surface area contributed by atoms with Crippen LogP contribution in [0, 0.1) is 3.57 Å². The molecule has 0 atom stereocenters. The lowest BCUT2D eigenvalue weighted by Gasteiger charge is -2.10.